The average molecular weight is 419 g/mol. The van der Waals surface area contributed by atoms with Gasteiger partial charge in [-0.05, 0) is 68.1 Å². The first-order valence-electron chi connectivity index (χ1n) is 9.69. The quantitative estimate of drug-likeness (QED) is 0.635. The molecule has 1 amide bonds. The van der Waals surface area contributed by atoms with Crippen molar-refractivity contribution in [2.45, 2.75) is 40.2 Å². The first-order valence-corrected chi connectivity index (χ1v) is 11.5. The van der Waals surface area contributed by atoms with Crippen LogP contribution >= 0.6 is 0 Å². The fraction of sp³-hybridized carbons (Fsp3) is 0.409. The Bertz CT molecular complexity index is 920. The summed E-state index contributed by atoms with van der Waals surface area (Å²) in [5.74, 6) is 0.358. The van der Waals surface area contributed by atoms with Crippen LogP contribution in [0.5, 0.6) is 5.75 Å². The standard InChI is InChI=1S/C22H30N2O4S/c1-6-19-7-9-21(10-8-19)28-12-11-23-22(25)18(4)24(29(5,26)27)20-14-16(2)13-17(3)15-20/h7-10,13-15,18H,6,11-12H2,1-5H3,(H,23,25). The van der Waals surface area contributed by atoms with Crippen LogP contribution in [-0.2, 0) is 21.2 Å². The van der Waals surface area contributed by atoms with Crippen LogP contribution in [0.1, 0.15) is 30.5 Å². The van der Waals surface area contributed by atoms with Crippen molar-refractivity contribution in [1.29, 1.82) is 0 Å². The van der Waals surface area contributed by atoms with Crippen molar-refractivity contribution in [3.63, 3.8) is 0 Å². The van der Waals surface area contributed by atoms with Gasteiger partial charge in [-0.2, -0.15) is 0 Å². The number of nitrogens with zero attached hydrogens (tertiary/aromatic N) is 1. The lowest BCUT2D eigenvalue weighted by molar-refractivity contribution is -0.121. The SMILES string of the molecule is CCc1ccc(OCCNC(=O)C(C)N(c2cc(C)cc(C)c2)S(C)(=O)=O)cc1. The second-order valence-corrected chi connectivity index (χ2v) is 9.08. The van der Waals surface area contributed by atoms with E-state index in [-0.39, 0.29) is 12.5 Å². The number of ether oxygens (including phenoxy) is 1. The number of amides is 1. The van der Waals surface area contributed by atoms with E-state index >= 15 is 0 Å². The van der Waals surface area contributed by atoms with E-state index in [4.69, 9.17) is 4.74 Å². The Morgan fingerprint density at radius 1 is 1.10 bits per heavy atom. The average Bonchev–Trinajstić information content (AvgIpc) is 2.63. The minimum atomic E-state index is -3.63. The third-order valence-corrected chi connectivity index (χ3v) is 5.79. The number of rotatable bonds is 9. The molecule has 1 atom stereocenters. The molecule has 0 saturated heterocycles. The normalized spacial score (nSPS) is 12.3. The molecule has 0 aliphatic heterocycles. The molecule has 0 spiro atoms. The third-order valence-electron chi connectivity index (χ3n) is 4.55. The maximum Gasteiger partial charge on any atom is 0.243 e. The fourth-order valence-corrected chi connectivity index (χ4v) is 4.36. The van der Waals surface area contributed by atoms with Gasteiger partial charge in [0.2, 0.25) is 15.9 Å². The van der Waals surface area contributed by atoms with Crippen LogP contribution in [0.4, 0.5) is 5.69 Å². The summed E-state index contributed by atoms with van der Waals surface area (Å²) in [6.45, 7) is 8.04. The van der Waals surface area contributed by atoms with Crippen LogP contribution in [0.3, 0.4) is 0 Å². The van der Waals surface area contributed by atoms with E-state index in [1.807, 2.05) is 44.2 Å². The summed E-state index contributed by atoms with van der Waals surface area (Å²) >= 11 is 0. The molecule has 0 radical (unpaired) electrons. The van der Waals surface area contributed by atoms with E-state index in [0.29, 0.717) is 12.3 Å². The number of hydrogen-bond acceptors (Lipinski definition) is 4. The highest BCUT2D eigenvalue weighted by atomic mass is 32.2. The number of hydrogen-bond donors (Lipinski definition) is 1. The van der Waals surface area contributed by atoms with Crippen LogP contribution in [0, 0.1) is 13.8 Å². The van der Waals surface area contributed by atoms with Crippen LogP contribution in [0.15, 0.2) is 42.5 Å². The second kappa shape index (κ2) is 9.78. The lowest BCUT2D eigenvalue weighted by atomic mass is 10.1. The number of sulfonamides is 1. The molecule has 7 heteroatoms. The van der Waals surface area contributed by atoms with Gasteiger partial charge >= 0.3 is 0 Å². The number of benzene rings is 2. The van der Waals surface area contributed by atoms with E-state index in [2.05, 4.69) is 12.2 Å². The number of carbonyl (C=O) groups is 1. The molecule has 158 valence electrons. The van der Waals surface area contributed by atoms with Crippen molar-refractivity contribution in [3.8, 4) is 5.75 Å². The van der Waals surface area contributed by atoms with Crippen LogP contribution < -0.4 is 14.4 Å². The molecule has 0 bridgehead atoms. The molecular formula is C22H30N2O4S. The predicted octanol–water partition coefficient (Wildman–Crippen LogP) is 3.22. The maximum absolute atomic E-state index is 12.6. The Morgan fingerprint density at radius 2 is 1.69 bits per heavy atom. The van der Waals surface area contributed by atoms with Gasteiger partial charge in [-0.15, -0.1) is 0 Å². The Hall–Kier alpha value is -2.54. The highest BCUT2D eigenvalue weighted by Crippen LogP contribution is 2.23. The molecular weight excluding hydrogens is 388 g/mol. The summed E-state index contributed by atoms with van der Waals surface area (Å²) < 4.78 is 31.6. The van der Waals surface area contributed by atoms with Crippen molar-refractivity contribution in [2.75, 3.05) is 23.7 Å². The predicted molar refractivity (Wildman–Crippen MR) is 117 cm³/mol. The minimum absolute atomic E-state index is 0.281. The summed E-state index contributed by atoms with van der Waals surface area (Å²) in [6.07, 6.45) is 2.07. The van der Waals surface area contributed by atoms with Gasteiger partial charge in [0.25, 0.3) is 0 Å². The maximum atomic E-state index is 12.6. The van der Waals surface area contributed by atoms with Gasteiger partial charge in [0, 0.05) is 0 Å². The number of aryl methyl sites for hydroxylation is 3. The first-order chi connectivity index (χ1) is 13.6. The largest absolute Gasteiger partial charge is 0.492 e. The van der Waals surface area contributed by atoms with Crippen LogP contribution in [0.2, 0.25) is 0 Å². The Kier molecular flexibility index (Phi) is 7.67. The molecule has 2 aromatic carbocycles. The molecule has 0 heterocycles. The number of anilines is 1. The van der Waals surface area contributed by atoms with Crippen molar-refractivity contribution < 1.29 is 17.9 Å². The lowest BCUT2D eigenvalue weighted by Crippen LogP contribution is -2.48. The van der Waals surface area contributed by atoms with E-state index in [9.17, 15) is 13.2 Å². The van der Waals surface area contributed by atoms with Crippen molar-refractivity contribution >= 4 is 21.6 Å². The molecule has 1 N–H and O–H groups in total. The first kappa shape index (κ1) is 22.7. The van der Waals surface area contributed by atoms with Gasteiger partial charge in [-0.1, -0.05) is 25.1 Å². The molecule has 0 fully saturated rings. The van der Waals surface area contributed by atoms with E-state index < -0.39 is 16.1 Å². The highest BCUT2D eigenvalue weighted by Gasteiger charge is 2.29. The number of nitrogens with one attached hydrogen (secondary N) is 1. The molecule has 0 saturated carbocycles. The van der Waals surface area contributed by atoms with Gasteiger partial charge < -0.3 is 10.1 Å². The molecule has 2 aromatic rings. The van der Waals surface area contributed by atoms with Gasteiger partial charge in [-0.3, -0.25) is 9.10 Å². The summed E-state index contributed by atoms with van der Waals surface area (Å²) in [5, 5.41) is 2.76. The Balaban J connectivity index is 1.99. The molecule has 29 heavy (non-hydrogen) atoms. The van der Waals surface area contributed by atoms with Crippen molar-refractivity contribution in [1.82, 2.24) is 5.32 Å². The molecule has 1 unspecified atom stereocenters. The smallest absolute Gasteiger partial charge is 0.243 e. The van der Waals surface area contributed by atoms with Crippen molar-refractivity contribution in [3.05, 3.63) is 59.2 Å². The summed E-state index contributed by atoms with van der Waals surface area (Å²) in [4.78, 5) is 12.6. The van der Waals surface area contributed by atoms with E-state index in [0.717, 1.165) is 33.9 Å². The lowest BCUT2D eigenvalue weighted by Gasteiger charge is -2.28. The van der Waals surface area contributed by atoms with E-state index in [1.54, 1.807) is 19.1 Å². The van der Waals surface area contributed by atoms with E-state index in [1.165, 1.54) is 5.56 Å². The summed E-state index contributed by atoms with van der Waals surface area (Å²) in [5.41, 5.74) is 3.58. The number of carbonyl (C=O) groups excluding carboxylic acids is 1. The van der Waals surface area contributed by atoms with Crippen LogP contribution in [-0.4, -0.2) is 39.8 Å². The molecule has 6 nitrogen and oxygen atoms in total. The molecule has 0 aliphatic carbocycles. The van der Waals surface area contributed by atoms with Gasteiger partial charge in [0.15, 0.2) is 0 Å². The fourth-order valence-electron chi connectivity index (χ4n) is 3.20. The second-order valence-electron chi connectivity index (χ2n) is 7.22. The zero-order valence-electron chi connectivity index (χ0n) is 17.7. The molecule has 2 rings (SSSR count). The van der Waals surface area contributed by atoms with Gasteiger partial charge in [0.05, 0.1) is 18.5 Å². The molecule has 0 aromatic heterocycles. The van der Waals surface area contributed by atoms with Crippen molar-refractivity contribution in [2.24, 2.45) is 0 Å². The zero-order chi connectivity index (χ0) is 21.6. The van der Waals surface area contributed by atoms with Crippen LogP contribution in [0.25, 0.3) is 0 Å². The highest BCUT2D eigenvalue weighted by molar-refractivity contribution is 7.92. The molecule has 0 aliphatic rings. The van der Waals surface area contributed by atoms with Gasteiger partial charge in [0.1, 0.15) is 18.4 Å². The van der Waals surface area contributed by atoms with Gasteiger partial charge in [-0.25, -0.2) is 8.42 Å². The monoisotopic (exact) mass is 418 g/mol. The Labute approximate surface area is 173 Å². The third kappa shape index (κ3) is 6.49. The topological polar surface area (TPSA) is 75.7 Å². The Morgan fingerprint density at radius 3 is 2.21 bits per heavy atom. The minimum Gasteiger partial charge on any atom is -0.492 e. The summed E-state index contributed by atoms with van der Waals surface area (Å²) in [7, 11) is -3.63. The zero-order valence-corrected chi connectivity index (χ0v) is 18.5. The summed E-state index contributed by atoms with van der Waals surface area (Å²) in [6, 6.07) is 12.4.